The fourth-order valence-electron chi connectivity index (χ4n) is 4.28. The molecule has 0 saturated heterocycles. The lowest BCUT2D eigenvalue weighted by molar-refractivity contribution is -0.119. The number of para-hydroxylation sites is 2. The first-order valence-electron chi connectivity index (χ1n) is 9.96. The van der Waals surface area contributed by atoms with Gasteiger partial charge in [0.05, 0.1) is 24.5 Å². The highest BCUT2D eigenvalue weighted by Gasteiger charge is 2.35. The predicted molar refractivity (Wildman–Crippen MR) is 116 cm³/mol. The first-order valence-corrected chi connectivity index (χ1v) is 10.3. The Morgan fingerprint density at radius 2 is 2.00 bits per heavy atom. The Labute approximate surface area is 181 Å². The van der Waals surface area contributed by atoms with Gasteiger partial charge in [0.2, 0.25) is 11.9 Å². The lowest BCUT2D eigenvalue weighted by Gasteiger charge is -2.29. The van der Waals surface area contributed by atoms with E-state index >= 15 is 0 Å². The van der Waals surface area contributed by atoms with Crippen LogP contribution in [0.25, 0.3) is 5.69 Å². The average Bonchev–Trinajstić information content (AvgIpc) is 3.39. The van der Waals surface area contributed by atoms with Gasteiger partial charge in [-0.25, -0.2) is 14.0 Å². The number of halogens is 1. The van der Waals surface area contributed by atoms with Crippen LogP contribution in [0.4, 0.5) is 11.6 Å². The fourth-order valence-corrected chi connectivity index (χ4v) is 4.44. The summed E-state index contributed by atoms with van der Waals surface area (Å²) in [4.78, 5) is 34.5. The van der Waals surface area contributed by atoms with E-state index in [0.717, 1.165) is 11.4 Å². The molecule has 0 saturated carbocycles. The molecule has 0 radical (unpaired) electrons. The Hall–Kier alpha value is -3.59. The normalized spacial score (nSPS) is 16.1. The highest BCUT2D eigenvalue weighted by atomic mass is 35.5. The van der Waals surface area contributed by atoms with Gasteiger partial charge in [-0.2, -0.15) is 0 Å². The maximum atomic E-state index is 13.3. The zero-order chi connectivity index (χ0) is 21.1. The fraction of sp³-hybridized carbons (Fsp3) is 0.238. The summed E-state index contributed by atoms with van der Waals surface area (Å²) in [5.74, 6) is 1.64. The number of carbonyl (C=O) groups excluding carboxylic acids is 1. The van der Waals surface area contributed by atoms with Crippen LogP contribution in [0, 0.1) is 0 Å². The van der Waals surface area contributed by atoms with Crippen molar-refractivity contribution in [3.63, 3.8) is 0 Å². The van der Waals surface area contributed by atoms with E-state index in [0.29, 0.717) is 54.3 Å². The molecule has 6 rings (SSSR count). The van der Waals surface area contributed by atoms with E-state index in [2.05, 4.69) is 10.1 Å². The Morgan fingerprint density at radius 1 is 1.13 bits per heavy atom. The van der Waals surface area contributed by atoms with Crippen LogP contribution in [0.3, 0.4) is 0 Å². The Balaban J connectivity index is 1.41. The number of rotatable bonds is 2. The molecule has 31 heavy (non-hydrogen) atoms. The van der Waals surface area contributed by atoms with Crippen LogP contribution in [-0.2, 0) is 11.3 Å². The van der Waals surface area contributed by atoms with E-state index in [1.807, 2.05) is 35.2 Å². The van der Waals surface area contributed by atoms with Crippen LogP contribution >= 0.6 is 11.6 Å². The van der Waals surface area contributed by atoms with Crippen molar-refractivity contribution in [2.75, 3.05) is 36.0 Å². The van der Waals surface area contributed by atoms with Gasteiger partial charge in [0.15, 0.2) is 0 Å². The van der Waals surface area contributed by atoms with Gasteiger partial charge in [-0.3, -0.25) is 14.7 Å². The zero-order valence-corrected chi connectivity index (χ0v) is 17.1. The number of nitrogens with zero attached hydrogens (tertiary/aromatic N) is 6. The van der Waals surface area contributed by atoms with Gasteiger partial charge in [-0.1, -0.05) is 23.7 Å². The minimum absolute atomic E-state index is 0.177. The minimum Gasteiger partial charge on any atom is -0.490 e. The molecule has 1 aromatic heterocycles. The Bertz CT molecular complexity index is 1330. The molecular weight excluding hydrogens is 420 g/mol. The molecule has 0 bridgehead atoms. The molecule has 0 N–H and O–H groups in total. The number of hydrogen-bond donors (Lipinski definition) is 0. The molecule has 4 heterocycles. The standard InChI is InChI=1S/C21H17ClN6O3/c22-13-5-6-14-16(11-13)28-20(26-8-7-23-19(14)26)24-27(21(28)30)12-18(29)25-9-10-31-17-4-2-1-3-15(17)25/h1-6,11H,7-10,12H2. The summed E-state index contributed by atoms with van der Waals surface area (Å²) < 4.78 is 8.34. The predicted octanol–water partition coefficient (Wildman–Crippen LogP) is 1.69. The van der Waals surface area contributed by atoms with E-state index in [1.165, 1.54) is 9.25 Å². The van der Waals surface area contributed by atoms with Crippen LogP contribution in [0.15, 0.2) is 52.3 Å². The molecule has 0 fully saturated rings. The van der Waals surface area contributed by atoms with Crippen LogP contribution in [0.1, 0.15) is 5.56 Å². The third-order valence-corrected chi connectivity index (χ3v) is 5.90. The van der Waals surface area contributed by atoms with E-state index in [4.69, 9.17) is 16.3 Å². The summed E-state index contributed by atoms with van der Waals surface area (Å²) in [6.45, 7) is 1.88. The number of hydrogen-bond acceptors (Lipinski definition) is 6. The molecule has 9 nitrogen and oxygen atoms in total. The zero-order valence-electron chi connectivity index (χ0n) is 16.4. The van der Waals surface area contributed by atoms with Crippen molar-refractivity contribution in [2.45, 2.75) is 6.54 Å². The first-order chi connectivity index (χ1) is 15.1. The van der Waals surface area contributed by atoms with Crippen LogP contribution in [0.5, 0.6) is 5.75 Å². The molecule has 3 aliphatic rings. The number of aromatic nitrogens is 3. The molecule has 0 unspecified atom stereocenters. The largest absolute Gasteiger partial charge is 0.490 e. The lowest BCUT2D eigenvalue weighted by atomic mass is 10.1. The van der Waals surface area contributed by atoms with Crippen molar-refractivity contribution >= 4 is 35.0 Å². The molecule has 1 amide bonds. The van der Waals surface area contributed by atoms with Crippen molar-refractivity contribution in [1.82, 2.24) is 14.3 Å². The average molecular weight is 437 g/mol. The van der Waals surface area contributed by atoms with Gasteiger partial charge >= 0.3 is 5.69 Å². The number of carbonyl (C=O) groups is 1. The third kappa shape index (κ3) is 2.70. The highest BCUT2D eigenvalue weighted by Crippen LogP contribution is 2.33. The maximum absolute atomic E-state index is 13.3. The molecule has 3 aliphatic heterocycles. The Morgan fingerprint density at radius 3 is 2.90 bits per heavy atom. The quantitative estimate of drug-likeness (QED) is 0.610. The third-order valence-electron chi connectivity index (χ3n) is 5.66. The summed E-state index contributed by atoms with van der Waals surface area (Å²) in [5.41, 5.74) is 1.76. The second-order valence-corrected chi connectivity index (χ2v) is 7.89. The summed E-state index contributed by atoms with van der Waals surface area (Å²) in [6.07, 6.45) is 0. The van der Waals surface area contributed by atoms with Crippen LogP contribution in [-0.4, -0.2) is 52.3 Å². The number of ether oxygens (including phenoxy) is 1. The summed E-state index contributed by atoms with van der Waals surface area (Å²) in [7, 11) is 0. The van der Waals surface area contributed by atoms with Crippen LogP contribution < -0.4 is 20.2 Å². The van der Waals surface area contributed by atoms with Crippen molar-refractivity contribution < 1.29 is 9.53 Å². The minimum atomic E-state index is -0.389. The molecular formula is C21H17ClN6O3. The summed E-state index contributed by atoms with van der Waals surface area (Å²) >= 11 is 6.21. The van der Waals surface area contributed by atoms with E-state index in [1.54, 1.807) is 17.0 Å². The summed E-state index contributed by atoms with van der Waals surface area (Å²) in [6, 6.07) is 12.7. The van der Waals surface area contributed by atoms with E-state index in [-0.39, 0.29) is 18.1 Å². The number of aliphatic imine (C=N–C) groups is 1. The maximum Gasteiger partial charge on any atom is 0.352 e. The van der Waals surface area contributed by atoms with Gasteiger partial charge in [-0.15, -0.1) is 5.10 Å². The van der Waals surface area contributed by atoms with Gasteiger partial charge in [-0.05, 0) is 30.3 Å². The SMILES string of the molecule is O=C(Cn1nc2n(c1=O)-c1cc(Cl)ccc1C1=NCCN12)N1CCOc2ccccc21. The molecule has 2 aromatic carbocycles. The van der Waals surface area contributed by atoms with Crippen molar-refractivity contribution in [3.8, 4) is 11.4 Å². The molecule has 156 valence electrons. The van der Waals surface area contributed by atoms with Gasteiger partial charge in [0.1, 0.15) is 24.7 Å². The highest BCUT2D eigenvalue weighted by molar-refractivity contribution is 6.31. The number of anilines is 2. The molecule has 0 aliphatic carbocycles. The molecule has 10 heteroatoms. The molecule has 3 aromatic rings. The lowest BCUT2D eigenvalue weighted by Crippen LogP contribution is -2.41. The van der Waals surface area contributed by atoms with Gasteiger partial charge in [0.25, 0.3) is 0 Å². The Kier molecular flexibility index (Phi) is 3.94. The topological polar surface area (TPSA) is 85.0 Å². The van der Waals surface area contributed by atoms with E-state index < -0.39 is 0 Å². The summed E-state index contributed by atoms with van der Waals surface area (Å²) in [5, 5.41) is 5.01. The smallest absolute Gasteiger partial charge is 0.352 e. The van der Waals surface area contributed by atoms with Gasteiger partial charge < -0.3 is 9.64 Å². The van der Waals surface area contributed by atoms with Crippen molar-refractivity contribution in [2.24, 2.45) is 4.99 Å². The van der Waals surface area contributed by atoms with Crippen molar-refractivity contribution in [3.05, 3.63) is 63.5 Å². The molecule has 0 spiro atoms. The van der Waals surface area contributed by atoms with Gasteiger partial charge in [0, 0.05) is 17.1 Å². The number of fused-ring (bicyclic) bond motifs is 7. The van der Waals surface area contributed by atoms with Crippen LogP contribution in [0.2, 0.25) is 5.02 Å². The first kappa shape index (κ1) is 18.2. The molecule has 0 atom stereocenters. The van der Waals surface area contributed by atoms with Crippen molar-refractivity contribution in [1.29, 1.82) is 0 Å². The number of amidine groups is 1. The second kappa shape index (κ2) is 6.71. The number of benzene rings is 2. The monoisotopic (exact) mass is 436 g/mol. The number of amides is 1. The second-order valence-electron chi connectivity index (χ2n) is 7.46. The van der Waals surface area contributed by atoms with E-state index in [9.17, 15) is 9.59 Å².